The number of anilines is 3. The van der Waals surface area contributed by atoms with Crippen molar-refractivity contribution in [3.05, 3.63) is 71.9 Å². The van der Waals surface area contributed by atoms with E-state index in [4.69, 9.17) is 4.74 Å². The molecule has 2 N–H and O–H groups in total. The van der Waals surface area contributed by atoms with Crippen molar-refractivity contribution < 1.29 is 17.9 Å². The van der Waals surface area contributed by atoms with Gasteiger partial charge in [-0.3, -0.25) is 4.72 Å². The summed E-state index contributed by atoms with van der Waals surface area (Å²) >= 11 is 0. The maximum Gasteiger partial charge on any atom is 0.322 e. The first kappa shape index (κ1) is 25.8. The highest BCUT2D eigenvalue weighted by molar-refractivity contribution is 7.92. The number of rotatable bonds is 6. The number of ether oxygens (including phenoxy) is 1. The summed E-state index contributed by atoms with van der Waals surface area (Å²) in [7, 11) is 0.0181. The average Bonchev–Trinajstić information content (AvgIpc) is 2.93. The highest BCUT2D eigenvalue weighted by Crippen LogP contribution is 2.36. The largest absolute Gasteiger partial charge is 0.496 e. The SMILES string of the molecule is COc1ccc(N2CCN(C)CC2)c2c1CCN(C(=O)Nc1ccc(S(=O)(=O)Nc3ccccn3)cc1)C2. The summed E-state index contributed by atoms with van der Waals surface area (Å²) < 4.78 is 33.4. The number of fused-ring (bicyclic) bond motifs is 1. The zero-order valence-corrected chi connectivity index (χ0v) is 22.4. The Kier molecular flexibility index (Phi) is 7.39. The summed E-state index contributed by atoms with van der Waals surface area (Å²) in [6.07, 6.45) is 2.21. The van der Waals surface area contributed by atoms with E-state index in [-0.39, 0.29) is 16.7 Å². The molecule has 0 aliphatic carbocycles. The molecule has 2 aliphatic rings. The third kappa shape index (κ3) is 5.53. The first-order valence-electron chi connectivity index (χ1n) is 12.6. The Bertz CT molecular complexity index is 1390. The fourth-order valence-corrected chi connectivity index (χ4v) is 5.88. The third-order valence-corrected chi connectivity index (χ3v) is 8.39. The Morgan fingerprint density at radius 1 is 0.947 bits per heavy atom. The molecule has 11 heteroatoms. The molecule has 1 aromatic heterocycles. The Hall–Kier alpha value is -3.83. The molecule has 5 rings (SSSR count). The number of nitrogens with zero attached hydrogens (tertiary/aromatic N) is 4. The number of piperazine rings is 1. The topological polar surface area (TPSA) is 107 Å². The zero-order chi connectivity index (χ0) is 26.7. The molecule has 2 aliphatic heterocycles. The number of carbonyl (C=O) groups is 1. The van der Waals surface area contributed by atoms with Gasteiger partial charge in [0.15, 0.2) is 0 Å². The fraction of sp³-hybridized carbons (Fsp3) is 0.333. The number of amides is 2. The van der Waals surface area contributed by atoms with Gasteiger partial charge in [0.2, 0.25) is 0 Å². The van der Waals surface area contributed by atoms with E-state index >= 15 is 0 Å². The lowest BCUT2D eigenvalue weighted by molar-refractivity contribution is 0.206. The van der Waals surface area contributed by atoms with E-state index in [1.807, 2.05) is 6.07 Å². The molecule has 0 radical (unpaired) electrons. The van der Waals surface area contributed by atoms with Crippen LogP contribution in [0.3, 0.4) is 0 Å². The first-order valence-corrected chi connectivity index (χ1v) is 14.0. The van der Waals surface area contributed by atoms with E-state index in [1.54, 1.807) is 42.3 Å². The van der Waals surface area contributed by atoms with Crippen LogP contribution in [0.25, 0.3) is 0 Å². The summed E-state index contributed by atoms with van der Waals surface area (Å²) in [6, 6.07) is 15.0. The number of urea groups is 1. The summed E-state index contributed by atoms with van der Waals surface area (Å²) in [5.74, 6) is 1.09. The number of hydrogen-bond donors (Lipinski definition) is 2. The molecule has 0 unspecified atom stereocenters. The Labute approximate surface area is 223 Å². The van der Waals surface area contributed by atoms with Crippen molar-refractivity contribution in [1.82, 2.24) is 14.8 Å². The molecule has 0 saturated carbocycles. The third-order valence-electron chi connectivity index (χ3n) is 7.01. The minimum absolute atomic E-state index is 0.0805. The number of methoxy groups -OCH3 is 1. The minimum Gasteiger partial charge on any atom is -0.496 e. The monoisotopic (exact) mass is 536 g/mol. The van der Waals surface area contributed by atoms with Crippen molar-refractivity contribution >= 4 is 33.2 Å². The molecule has 2 amide bonds. The number of hydrogen-bond acceptors (Lipinski definition) is 7. The lowest BCUT2D eigenvalue weighted by Crippen LogP contribution is -2.46. The fourth-order valence-electron chi connectivity index (χ4n) is 4.87. The van der Waals surface area contributed by atoms with Crippen LogP contribution in [0.2, 0.25) is 0 Å². The van der Waals surface area contributed by atoms with Crippen molar-refractivity contribution in [2.45, 2.75) is 17.9 Å². The van der Waals surface area contributed by atoms with Crippen LogP contribution in [0.4, 0.5) is 22.0 Å². The van der Waals surface area contributed by atoms with E-state index in [0.717, 1.165) is 48.7 Å². The van der Waals surface area contributed by atoms with Crippen LogP contribution >= 0.6 is 0 Å². The van der Waals surface area contributed by atoms with Crippen molar-refractivity contribution in [2.75, 3.05) is 61.8 Å². The van der Waals surface area contributed by atoms with Gasteiger partial charge in [0.25, 0.3) is 10.0 Å². The highest BCUT2D eigenvalue weighted by atomic mass is 32.2. The number of aromatic nitrogens is 1. The first-order chi connectivity index (χ1) is 18.3. The van der Waals surface area contributed by atoms with Gasteiger partial charge in [-0.2, -0.15) is 0 Å². The summed E-state index contributed by atoms with van der Waals surface area (Å²) in [4.78, 5) is 23.8. The van der Waals surface area contributed by atoms with Crippen LogP contribution in [0.5, 0.6) is 5.75 Å². The summed E-state index contributed by atoms with van der Waals surface area (Å²) in [5, 5.41) is 2.91. The highest BCUT2D eigenvalue weighted by Gasteiger charge is 2.28. The Morgan fingerprint density at radius 2 is 1.71 bits per heavy atom. The van der Waals surface area contributed by atoms with E-state index < -0.39 is 10.0 Å². The summed E-state index contributed by atoms with van der Waals surface area (Å²) in [5.41, 5.74) is 3.95. The van der Waals surface area contributed by atoms with Crippen LogP contribution in [-0.4, -0.2) is 76.1 Å². The zero-order valence-electron chi connectivity index (χ0n) is 21.6. The second-order valence-corrected chi connectivity index (χ2v) is 11.2. The molecule has 200 valence electrons. The number of pyridine rings is 1. The van der Waals surface area contributed by atoms with Gasteiger partial charge in [0, 0.05) is 68.0 Å². The molecule has 0 atom stereocenters. The number of nitrogens with one attached hydrogen (secondary N) is 2. The van der Waals surface area contributed by atoms with Crippen LogP contribution in [0, 0.1) is 0 Å². The number of sulfonamides is 1. The van der Waals surface area contributed by atoms with Crippen molar-refractivity contribution in [1.29, 1.82) is 0 Å². The number of carbonyl (C=O) groups excluding carboxylic acids is 1. The molecule has 1 saturated heterocycles. The lowest BCUT2D eigenvalue weighted by atomic mass is 9.96. The maximum absolute atomic E-state index is 13.2. The predicted molar refractivity (Wildman–Crippen MR) is 147 cm³/mol. The van der Waals surface area contributed by atoms with Gasteiger partial charge >= 0.3 is 6.03 Å². The quantitative estimate of drug-likeness (QED) is 0.498. The normalized spacial score (nSPS) is 16.1. The van der Waals surface area contributed by atoms with Gasteiger partial charge in [-0.1, -0.05) is 6.07 Å². The van der Waals surface area contributed by atoms with Crippen LogP contribution in [-0.2, 0) is 23.0 Å². The lowest BCUT2D eigenvalue weighted by Gasteiger charge is -2.38. The molecule has 38 heavy (non-hydrogen) atoms. The second-order valence-electron chi connectivity index (χ2n) is 9.48. The molecule has 2 aromatic carbocycles. The van der Waals surface area contributed by atoms with E-state index in [9.17, 15) is 13.2 Å². The molecular formula is C27H32N6O4S. The van der Waals surface area contributed by atoms with Gasteiger partial charge in [-0.05, 0) is 62.0 Å². The molecular weight excluding hydrogens is 504 g/mol. The Morgan fingerprint density at radius 3 is 2.39 bits per heavy atom. The number of benzene rings is 2. The maximum atomic E-state index is 13.2. The molecule has 0 spiro atoms. The Balaban J connectivity index is 1.29. The smallest absolute Gasteiger partial charge is 0.322 e. The van der Waals surface area contributed by atoms with Crippen molar-refractivity contribution in [2.24, 2.45) is 0 Å². The van der Waals surface area contributed by atoms with Gasteiger partial charge in [0.05, 0.1) is 12.0 Å². The molecule has 10 nitrogen and oxygen atoms in total. The van der Waals surface area contributed by atoms with Gasteiger partial charge < -0.3 is 24.8 Å². The van der Waals surface area contributed by atoms with E-state index in [0.29, 0.717) is 25.2 Å². The molecule has 1 fully saturated rings. The average molecular weight is 537 g/mol. The van der Waals surface area contributed by atoms with Crippen molar-refractivity contribution in [3.63, 3.8) is 0 Å². The summed E-state index contributed by atoms with van der Waals surface area (Å²) in [6.45, 7) is 4.89. The van der Waals surface area contributed by atoms with Gasteiger partial charge in [0.1, 0.15) is 11.6 Å². The van der Waals surface area contributed by atoms with E-state index in [1.165, 1.54) is 18.3 Å². The second kappa shape index (κ2) is 10.9. The van der Waals surface area contributed by atoms with E-state index in [2.05, 4.69) is 37.9 Å². The van der Waals surface area contributed by atoms with Gasteiger partial charge in [-0.15, -0.1) is 0 Å². The number of likely N-dealkylation sites (N-methyl/N-ethyl adjacent to an activating group) is 1. The molecule has 3 heterocycles. The van der Waals surface area contributed by atoms with Gasteiger partial charge in [-0.25, -0.2) is 18.2 Å². The molecule has 0 bridgehead atoms. The minimum atomic E-state index is -3.79. The van der Waals surface area contributed by atoms with Crippen LogP contribution in [0.1, 0.15) is 11.1 Å². The van der Waals surface area contributed by atoms with Crippen molar-refractivity contribution in [3.8, 4) is 5.75 Å². The standard InChI is InChI=1S/C27H32N6O4S/c1-31-15-17-32(18-16-31)24-10-11-25(37-2)22-12-14-33(19-23(22)24)27(34)29-20-6-8-21(9-7-20)38(35,36)30-26-5-3-4-13-28-26/h3-11,13H,12,14-19H2,1-2H3,(H,28,30)(H,29,34). The molecule has 3 aromatic rings. The van der Waals surface area contributed by atoms with Crippen LogP contribution < -0.4 is 19.7 Å². The van der Waals surface area contributed by atoms with Crippen LogP contribution in [0.15, 0.2) is 65.7 Å². The predicted octanol–water partition coefficient (Wildman–Crippen LogP) is 3.23.